The molecule has 2 aromatic carbocycles. The van der Waals surface area contributed by atoms with Crippen molar-refractivity contribution in [3.05, 3.63) is 47.8 Å². The number of nitriles is 1. The Labute approximate surface area is 110 Å². The van der Waals surface area contributed by atoms with Gasteiger partial charge in [-0.3, -0.25) is 0 Å². The first-order valence-corrected chi connectivity index (χ1v) is 5.55. The van der Waals surface area contributed by atoms with Crippen LogP contribution in [-0.2, 0) is 0 Å². The Morgan fingerprint density at radius 1 is 1.32 bits per heavy atom. The summed E-state index contributed by atoms with van der Waals surface area (Å²) in [6, 6.07) is 11.5. The zero-order valence-electron chi connectivity index (χ0n) is 10.3. The van der Waals surface area contributed by atoms with Gasteiger partial charge >= 0.3 is 0 Å². The van der Waals surface area contributed by atoms with Crippen LogP contribution in [-0.4, -0.2) is 7.11 Å². The summed E-state index contributed by atoms with van der Waals surface area (Å²) in [5, 5.41) is 11.9. The Morgan fingerprint density at radius 3 is 2.74 bits per heavy atom. The molecule has 3 N–H and O–H groups in total. The number of benzene rings is 2. The Balaban J connectivity index is 2.32. The van der Waals surface area contributed by atoms with Gasteiger partial charge in [-0.25, -0.2) is 4.39 Å². The molecule has 0 aliphatic heterocycles. The van der Waals surface area contributed by atoms with E-state index in [1.165, 1.54) is 19.2 Å². The van der Waals surface area contributed by atoms with E-state index in [0.29, 0.717) is 22.6 Å². The first-order chi connectivity index (χ1) is 9.15. The van der Waals surface area contributed by atoms with Crippen LogP contribution in [0.4, 0.5) is 21.5 Å². The molecule has 96 valence electrons. The summed E-state index contributed by atoms with van der Waals surface area (Å²) >= 11 is 0. The molecule has 0 fully saturated rings. The van der Waals surface area contributed by atoms with Gasteiger partial charge in [-0.15, -0.1) is 0 Å². The summed E-state index contributed by atoms with van der Waals surface area (Å²) in [4.78, 5) is 0. The minimum absolute atomic E-state index is 0.171. The van der Waals surface area contributed by atoms with Gasteiger partial charge in [0.2, 0.25) is 0 Å². The topological polar surface area (TPSA) is 71.1 Å². The molecule has 0 aromatic heterocycles. The molecule has 0 radical (unpaired) electrons. The second-order valence-electron chi connectivity index (χ2n) is 3.85. The van der Waals surface area contributed by atoms with E-state index in [4.69, 9.17) is 15.7 Å². The number of nitrogens with two attached hydrogens (primary N) is 1. The molecule has 0 bridgehead atoms. The van der Waals surface area contributed by atoms with Gasteiger partial charge < -0.3 is 15.8 Å². The zero-order valence-corrected chi connectivity index (χ0v) is 10.3. The average molecular weight is 257 g/mol. The fourth-order valence-electron chi connectivity index (χ4n) is 1.67. The first kappa shape index (κ1) is 12.7. The number of anilines is 3. The van der Waals surface area contributed by atoms with Gasteiger partial charge in [0.15, 0.2) is 11.6 Å². The molecule has 0 amide bonds. The molecule has 19 heavy (non-hydrogen) atoms. The highest BCUT2D eigenvalue weighted by Gasteiger charge is 2.07. The molecule has 0 heterocycles. The Bertz CT molecular complexity index is 650. The summed E-state index contributed by atoms with van der Waals surface area (Å²) in [7, 11) is 1.40. The largest absolute Gasteiger partial charge is 0.494 e. The number of hydrogen-bond acceptors (Lipinski definition) is 4. The predicted octanol–water partition coefficient (Wildman–Crippen LogP) is 3.03. The van der Waals surface area contributed by atoms with Crippen LogP contribution in [0.2, 0.25) is 0 Å². The van der Waals surface area contributed by atoms with Gasteiger partial charge in [-0.1, -0.05) is 6.07 Å². The van der Waals surface area contributed by atoms with E-state index in [-0.39, 0.29) is 5.75 Å². The highest BCUT2D eigenvalue weighted by molar-refractivity contribution is 5.77. The number of nitrogen functional groups attached to an aromatic ring is 1. The van der Waals surface area contributed by atoms with Crippen molar-refractivity contribution in [1.82, 2.24) is 0 Å². The Morgan fingerprint density at radius 2 is 2.11 bits per heavy atom. The fourth-order valence-corrected chi connectivity index (χ4v) is 1.67. The van der Waals surface area contributed by atoms with Crippen LogP contribution in [0, 0.1) is 17.1 Å². The molecule has 4 nitrogen and oxygen atoms in total. The minimum Gasteiger partial charge on any atom is -0.494 e. The van der Waals surface area contributed by atoms with Crippen molar-refractivity contribution in [2.45, 2.75) is 0 Å². The molecule has 0 spiro atoms. The lowest BCUT2D eigenvalue weighted by atomic mass is 10.1. The summed E-state index contributed by atoms with van der Waals surface area (Å²) in [5.41, 5.74) is 7.63. The van der Waals surface area contributed by atoms with Crippen molar-refractivity contribution in [2.24, 2.45) is 0 Å². The summed E-state index contributed by atoms with van der Waals surface area (Å²) < 4.78 is 18.4. The van der Waals surface area contributed by atoms with Crippen LogP contribution >= 0.6 is 0 Å². The Hall–Kier alpha value is -2.74. The summed E-state index contributed by atoms with van der Waals surface area (Å²) in [6.07, 6.45) is 0. The van der Waals surface area contributed by atoms with Crippen molar-refractivity contribution in [2.75, 3.05) is 18.2 Å². The maximum Gasteiger partial charge on any atom is 0.167 e. The number of halogens is 1. The SMILES string of the molecule is COc1ccc(Nc2cccc(C#N)c2N)cc1F. The summed E-state index contributed by atoms with van der Waals surface area (Å²) in [5.74, 6) is -0.299. The van der Waals surface area contributed by atoms with E-state index >= 15 is 0 Å². The fraction of sp³-hybridized carbons (Fsp3) is 0.0714. The third-order valence-corrected chi connectivity index (χ3v) is 2.66. The number of para-hydroxylation sites is 1. The molecule has 0 saturated heterocycles. The highest BCUT2D eigenvalue weighted by Crippen LogP contribution is 2.28. The van der Waals surface area contributed by atoms with Gasteiger partial charge in [-0.2, -0.15) is 5.26 Å². The van der Waals surface area contributed by atoms with Crippen LogP contribution in [0.25, 0.3) is 0 Å². The molecular weight excluding hydrogens is 245 g/mol. The van der Waals surface area contributed by atoms with E-state index in [1.807, 2.05) is 6.07 Å². The lowest BCUT2D eigenvalue weighted by Crippen LogP contribution is -1.99. The van der Waals surface area contributed by atoms with Gasteiger partial charge in [0.05, 0.1) is 24.0 Å². The number of ether oxygens (including phenoxy) is 1. The van der Waals surface area contributed by atoms with E-state index < -0.39 is 5.82 Å². The van der Waals surface area contributed by atoms with Crippen molar-refractivity contribution in [1.29, 1.82) is 5.26 Å². The molecule has 0 saturated carbocycles. The van der Waals surface area contributed by atoms with Crippen molar-refractivity contribution in [3.8, 4) is 11.8 Å². The predicted molar refractivity (Wildman–Crippen MR) is 71.8 cm³/mol. The van der Waals surface area contributed by atoms with Crippen LogP contribution < -0.4 is 15.8 Å². The van der Waals surface area contributed by atoms with Crippen LogP contribution in [0.15, 0.2) is 36.4 Å². The number of hydrogen-bond donors (Lipinski definition) is 2. The number of rotatable bonds is 3. The van der Waals surface area contributed by atoms with Gasteiger partial charge in [0.25, 0.3) is 0 Å². The third-order valence-electron chi connectivity index (χ3n) is 2.66. The molecule has 5 heteroatoms. The lowest BCUT2D eigenvalue weighted by Gasteiger charge is -2.11. The van der Waals surface area contributed by atoms with Gasteiger partial charge in [-0.05, 0) is 24.3 Å². The minimum atomic E-state index is -0.470. The number of nitrogens with one attached hydrogen (secondary N) is 1. The number of methoxy groups -OCH3 is 1. The zero-order chi connectivity index (χ0) is 13.8. The van der Waals surface area contributed by atoms with Crippen LogP contribution in [0.3, 0.4) is 0 Å². The van der Waals surface area contributed by atoms with Crippen molar-refractivity contribution in [3.63, 3.8) is 0 Å². The van der Waals surface area contributed by atoms with E-state index in [2.05, 4.69) is 5.32 Å². The van der Waals surface area contributed by atoms with E-state index in [9.17, 15) is 4.39 Å². The molecule has 0 aliphatic carbocycles. The average Bonchev–Trinajstić information content (AvgIpc) is 2.41. The van der Waals surface area contributed by atoms with Gasteiger partial charge in [0.1, 0.15) is 6.07 Å². The smallest absolute Gasteiger partial charge is 0.167 e. The molecule has 0 atom stereocenters. The van der Waals surface area contributed by atoms with E-state index in [1.54, 1.807) is 24.3 Å². The van der Waals surface area contributed by atoms with E-state index in [0.717, 1.165) is 0 Å². The van der Waals surface area contributed by atoms with Crippen molar-refractivity contribution < 1.29 is 9.13 Å². The monoisotopic (exact) mass is 257 g/mol. The van der Waals surface area contributed by atoms with Gasteiger partial charge in [0, 0.05) is 11.8 Å². The molecule has 2 aromatic rings. The third kappa shape index (κ3) is 2.58. The summed E-state index contributed by atoms with van der Waals surface area (Å²) in [6.45, 7) is 0. The molecule has 2 rings (SSSR count). The molecule has 0 unspecified atom stereocenters. The highest BCUT2D eigenvalue weighted by atomic mass is 19.1. The standard InChI is InChI=1S/C14H12FN3O/c1-19-13-6-5-10(7-11(13)15)18-12-4-2-3-9(8-16)14(12)17/h2-7,18H,17H2,1H3. The normalized spacial score (nSPS) is 9.74. The maximum absolute atomic E-state index is 13.6. The van der Waals surface area contributed by atoms with Crippen LogP contribution in [0.5, 0.6) is 5.75 Å². The second-order valence-corrected chi connectivity index (χ2v) is 3.85. The molecule has 0 aliphatic rings. The maximum atomic E-state index is 13.6. The number of nitrogens with zero attached hydrogens (tertiary/aromatic N) is 1. The van der Waals surface area contributed by atoms with Crippen molar-refractivity contribution >= 4 is 17.1 Å². The first-order valence-electron chi connectivity index (χ1n) is 5.55. The second kappa shape index (κ2) is 5.27. The lowest BCUT2D eigenvalue weighted by molar-refractivity contribution is 0.386. The quantitative estimate of drug-likeness (QED) is 0.829. The van der Waals surface area contributed by atoms with Crippen LogP contribution in [0.1, 0.15) is 5.56 Å². The molecular formula is C14H12FN3O. The Kier molecular flexibility index (Phi) is 3.53.